The number of amides is 2. The molecule has 32 heavy (non-hydrogen) atoms. The van der Waals surface area contributed by atoms with Crippen LogP contribution in [0.5, 0.6) is 0 Å². The number of pyridine rings is 1. The lowest BCUT2D eigenvalue weighted by molar-refractivity contribution is -0.138. The monoisotopic (exact) mass is 424 g/mol. The third-order valence-corrected chi connectivity index (χ3v) is 5.96. The van der Waals surface area contributed by atoms with Gasteiger partial charge >= 0.3 is 0 Å². The maximum Gasteiger partial charge on any atom is 0.278 e. The van der Waals surface area contributed by atoms with Crippen molar-refractivity contribution < 1.29 is 9.59 Å². The Morgan fingerprint density at radius 3 is 1.97 bits per heavy atom. The smallest absolute Gasteiger partial charge is 0.278 e. The van der Waals surface area contributed by atoms with Crippen molar-refractivity contribution in [2.45, 2.75) is 6.54 Å². The van der Waals surface area contributed by atoms with Crippen LogP contribution < -0.4 is 4.90 Å². The number of piperazine rings is 1. The quantitative estimate of drug-likeness (QED) is 0.589. The zero-order chi connectivity index (χ0) is 21.9. The number of aromatic nitrogens is 1. The van der Waals surface area contributed by atoms with Crippen molar-refractivity contribution in [1.82, 2.24) is 14.8 Å². The predicted octanol–water partition coefficient (Wildman–Crippen LogP) is 3.18. The highest BCUT2D eigenvalue weighted by Crippen LogP contribution is 2.33. The number of hydrogen-bond acceptors (Lipinski definition) is 5. The summed E-state index contributed by atoms with van der Waals surface area (Å²) in [5.41, 5.74) is 2.72. The largest absolute Gasteiger partial charge is 0.363 e. The number of rotatable bonds is 5. The molecular weight excluding hydrogens is 400 g/mol. The fraction of sp³-hybridized carbons (Fsp3) is 0.192. The number of benzene rings is 2. The second-order valence-corrected chi connectivity index (χ2v) is 7.93. The molecule has 0 spiro atoms. The fourth-order valence-corrected chi connectivity index (χ4v) is 4.33. The third-order valence-electron chi connectivity index (χ3n) is 5.96. The molecular formula is C26H24N4O2. The van der Waals surface area contributed by atoms with E-state index < -0.39 is 0 Å². The number of anilines is 1. The minimum Gasteiger partial charge on any atom is -0.363 e. The maximum absolute atomic E-state index is 13.5. The SMILES string of the molecule is O=C1C(c2ccccc2)=C(N2CCN(c3ccccn3)CC2)C(=O)N1Cc1ccccc1. The van der Waals surface area contributed by atoms with Gasteiger partial charge in [-0.2, -0.15) is 0 Å². The summed E-state index contributed by atoms with van der Waals surface area (Å²) in [4.78, 5) is 37.1. The number of carbonyl (C=O) groups excluding carboxylic acids is 2. The lowest BCUT2D eigenvalue weighted by atomic mass is 10.0. The molecule has 0 radical (unpaired) electrons. The van der Waals surface area contributed by atoms with Gasteiger partial charge in [0.1, 0.15) is 11.5 Å². The van der Waals surface area contributed by atoms with Crippen LogP contribution >= 0.6 is 0 Å². The summed E-state index contributed by atoms with van der Waals surface area (Å²) >= 11 is 0. The van der Waals surface area contributed by atoms with Crippen LogP contribution in [0.2, 0.25) is 0 Å². The summed E-state index contributed by atoms with van der Waals surface area (Å²) in [5.74, 6) is 0.486. The molecule has 2 aromatic carbocycles. The highest BCUT2D eigenvalue weighted by Gasteiger charge is 2.42. The van der Waals surface area contributed by atoms with E-state index in [4.69, 9.17) is 0 Å². The Kier molecular flexibility index (Phi) is 5.42. The lowest BCUT2D eigenvalue weighted by Crippen LogP contribution is -2.47. The van der Waals surface area contributed by atoms with Crippen molar-refractivity contribution in [3.63, 3.8) is 0 Å². The summed E-state index contributed by atoms with van der Waals surface area (Å²) < 4.78 is 0. The molecule has 0 N–H and O–H groups in total. The molecule has 1 saturated heterocycles. The van der Waals surface area contributed by atoms with E-state index >= 15 is 0 Å². The minimum atomic E-state index is -0.229. The van der Waals surface area contributed by atoms with Gasteiger partial charge in [0, 0.05) is 32.4 Å². The molecule has 0 atom stereocenters. The molecule has 0 bridgehead atoms. The van der Waals surface area contributed by atoms with Gasteiger partial charge in [0.25, 0.3) is 11.8 Å². The first-order valence-corrected chi connectivity index (χ1v) is 10.8. The lowest BCUT2D eigenvalue weighted by Gasteiger charge is -2.37. The number of nitrogens with zero attached hydrogens (tertiary/aromatic N) is 4. The molecule has 0 aliphatic carbocycles. The fourth-order valence-electron chi connectivity index (χ4n) is 4.33. The molecule has 1 fully saturated rings. The van der Waals surface area contributed by atoms with Gasteiger partial charge in [-0.25, -0.2) is 4.98 Å². The standard InChI is InChI=1S/C26H24N4O2/c31-25-23(21-11-5-2-6-12-21)24(26(32)30(25)19-20-9-3-1-4-10-20)29-17-15-28(16-18-29)22-13-7-8-14-27-22/h1-14H,15-19H2. The van der Waals surface area contributed by atoms with E-state index in [1.54, 1.807) is 6.20 Å². The van der Waals surface area contributed by atoms with Crippen molar-refractivity contribution in [1.29, 1.82) is 0 Å². The van der Waals surface area contributed by atoms with Crippen molar-refractivity contribution in [3.05, 3.63) is 102 Å². The highest BCUT2D eigenvalue weighted by atomic mass is 16.2. The Hall–Kier alpha value is -3.93. The average Bonchev–Trinajstić information content (AvgIpc) is 3.10. The van der Waals surface area contributed by atoms with Crippen LogP contribution in [0.4, 0.5) is 5.82 Å². The van der Waals surface area contributed by atoms with Gasteiger partial charge in [0.2, 0.25) is 0 Å². The highest BCUT2D eigenvalue weighted by molar-refractivity contribution is 6.35. The maximum atomic E-state index is 13.5. The molecule has 6 nitrogen and oxygen atoms in total. The molecule has 1 aromatic heterocycles. The van der Waals surface area contributed by atoms with Crippen LogP contribution in [0.15, 0.2) is 90.8 Å². The number of carbonyl (C=O) groups is 2. The molecule has 2 amide bonds. The molecule has 5 rings (SSSR count). The molecule has 2 aliphatic heterocycles. The summed E-state index contributed by atoms with van der Waals surface area (Å²) in [6.07, 6.45) is 1.79. The topological polar surface area (TPSA) is 56.8 Å². The van der Waals surface area contributed by atoms with Gasteiger partial charge in [-0.3, -0.25) is 14.5 Å². The van der Waals surface area contributed by atoms with Gasteiger partial charge in [-0.15, -0.1) is 0 Å². The van der Waals surface area contributed by atoms with Crippen molar-refractivity contribution >= 4 is 23.2 Å². The van der Waals surface area contributed by atoms with Crippen LogP contribution in [-0.4, -0.2) is 52.8 Å². The Labute approximate surface area is 187 Å². The van der Waals surface area contributed by atoms with E-state index in [2.05, 4.69) is 14.8 Å². The second kappa shape index (κ2) is 8.67. The predicted molar refractivity (Wildman–Crippen MR) is 123 cm³/mol. The first-order chi connectivity index (χ1) is 15.7. The zero-order valence-corrected chi connectivity index (χ0v) is 17.7. The van der Waals surface area contributed by atoms with Gasteiger partial charge < -0.3 is 9.80 Å². The summed E-state index contributed by atoms with van der Waals surface area (Å²) in [7, 11) is 0. The number of hydrogen-bond donors (Lipinski definition) is 0. The third kappa shape index (κ3) is 3.75. The zero-order valence-electron chi connectivity index (χ0n) is 17.7. The minimum absolute atomic E-state index is 0.219. The van der Waals surface area contributed by atoms with E-state index in [9.17, 15) is 9.59 Å². The number of imide groups is 1. The van der Waals surface area contributed by atoms with Crippen molar-refractivity contribution in [3.8, 4) is 0 Å². The molecule has 2 aliphatic rings. The normalized spacial score (nSPS) is 16.8. The van der Waals surface area contributed by atoms with Crippen LogP contribution in [0.1, 0.15) is 11.1 Å². The Balaban J connectivity index is 1.44. The van der Waals surface area contributed by atoms with Crippen LogP contribution in [-0.2, 0) is 16.1 Å². The molecule has 3 aromatic rings. The average molecular weight is 425 g/mol. The van der Waals surface area contributed by atoms with E-state index in [0.29, 0.717) is 24.4 Å². The molecule has 160 valence electrons. The van der Waals surface area contributed by atoms with Crippen LogP contribution in [0.25, 0.3) is 5.57 Å². The van der Waals surface area contributed by atoms with Crippen molar-refractivity contribution in [2.75, 3.05) is 31.1 Å². The second-order valence-electron chi connectivity index (χ2n) is 7.93. The van der Waals surface area contributed by atoms with Gasteiger partial charge in [0.05, 0.1) is 12.1 Å². The van der Waals surface area contributed by atoms with Crippen LogP contribution in [0, 0.1) is 0 Å². The Bertz CT molecular complexity index is 1140. The molecule has 0 unspecified atom stereocenters. The van der Waals surface area contributed by atoms with Crippen LogP contribution in [0.3, 0.4) is 0 Å². The first-order valence-electron chi connectivity index (χ1n) is 10.8. The Morgan fingerprint density at radius 1 is 0.688 bits per heavy atom. The summed E-state index contributed by atoms with van der Waals surface area (Å²) in [6.45, 7) is 3.05. The summed E-state index contributed by atoms with van der Waals surface area (Å²) in [6, 6.07) is 25.0. The van der Waals surface area contributed by atoms with E-state index in [0.717, 1.165) is 30.0 Å². The molecule has 6 heteroatoms. The van der Waals surface area contributed by atoms with E-state index in [-0.39, 0.29) is 18.4 Å². The van der Waals surface area contributed by atoms with E-state index in [1.165, 1.54) is 4.90 Å². The summed E-state index contributed by atoms with van der Waals surface area (Å²) in [5, 5.41) is 0. The Morgan fingerprint density at radius 2 is 1.31 bits per heavy atom. The van der Waals surface area contributed by atoms with Gasteiger partial charge in [0.15, 0.2) is 0 Å². The molecule has 3 heterocycles. The van der Waals surface area contributed by atoms with E-state index in [1.807, 2.05) is 78.9 Å². The molecule has 0 saturated carbocycles. The first kappa shape index (κ1) is 20.0. The van der Waals surface area contributed by atoms with Crippen molar-refractivity contribution in [2.24, 2.45) is 0 Å². The van der Waals surface area contributed by atoms with Gasteiger partial charge in [-0.1, -0.05) is 66.7 Å². The van der Waals surface area contributed by atoms with Gasteiger partial charge in [-0.05, 0) is 23.3 Å².